The van der Waals surface area contributed by atoms with Gasteiger partial charge < -0.3 is 9.47 Å². The zero-order valence-electron chi connectivity index (χ0n) is 18.1. The summed E-state index contributed by atoms with van der Waals surface area (Å²) in [6.07, 6.45) is 1.77. The summed E-state index contributed by atoms with van der Waals surface area (Å²) < 4.78 is 11.8. The molecule has 1 aromatic rings. The highest BCUT2D eigenvalue weighted by atomic mass is 79.9. The molecule has 0 saturated heterocycles. The minimum absolute atomic E-state index is 0.0706. The molecule has 0 N–H and O–H groups in total. The Hall–Kier alpha value is -1.36. The first-order chi connectivity index (χ1) is 12.0. The molecule has 0 atom stereocenters. The number of hydrogen-bond acceptors (Lipinski definition) is 4. The summed E-state index contributed by atoms with van der Waals surface area (Å²) >= 11 is 3.56. The van der Waals surface area contributed by atoms with Crippen molar-refractivity contribution in [3.63, 3.8) is 0 Å². The van der Waals surface area contributed by atoms with Crippen molar-refractivity contribution in [2.45, 2.75) is 86.4 Å². The number of carbonyl (C=O) groups is 2. The molecule has 0 fully saturated rings. The molecule has 0 aliphatic heterocycles. The maximum atomic E-state index is 12.8. The molecule has 0 heterocycles. The van der Waals surface area contributed by atoms with Gasteiger partial charge in [0.1, 0.15) is 11.2 Å². The minimum atomic E-state index is -0.655. The Balaban J connectivity index is 3.46. The van der Waals surface area contributed by atoms with Gasteiger partial charge in [0.25, 0.3) is 0 Å². The van der Waals surface area contributed by atoms with Crippen molar-refractivity contribution in [1.82, 2.24) is 0 Å². The molecule has 27 heavy (non-hydrogen) atoms. The molecule has 1 rings (SSSR count). The third-order valence-electron chi connectivity index (χ3n) is 4.05. The summed E-state index contributed by atoms with van der Waals surface area (Å²) in [6, 6.07) is 3.43. The molecule has 5 heteroatoms. The van der Waals surface area contributed by atoms with Crippen molar-refractivity contribution in [2.75, 3.05) is 0 Å². The van der Waals surface area contributed by atoms with Crippen LogP contribution < -0.4 is 0 Å². The third kappa shape index (κ3) is 7.65. The topological polar surface area (TPSA) is 52.6 Å². The third-order valence-corrected chi connectivity index (χ3v) is 4.79. The highest BCUT2D eigenvalue weighted by Crippen LogP contribution is 2.32. The van der Waals surface area contributed by atoms with E-state index >= 15 is 0 Å². The normalized spacial score (nSPS) is 12.7. The first-order valence-corrected chi connectivity index (χ1v) is 10.1. The Bertz CT molecular complexity index is 706. The standard InChI is InChI=1S/C22H33BrO4/c1-10-22(8,9)13-14-11-15(18(24)26-20(2,3)4)16(12-17(14)23)19(25)27-21(5,6)7/h11-12H,10,13H2,1-9H3. The van der Waals surface area contributed by atoms with Crippen LogP contribution in [0, 0.1) is 5.41 Å². The number of rotatable bonds is 5. The fourth-order valence-electron chi connectivity index (χ4n) is 2.40. The molecular weight excluding hydrogens is 408 g/mol. The van der Waals surface area contributed by atoms with Gasteiger partial charge >= 0.3 is 11.9 Å². The van der Waals surface area contributed by atoms with Gasteiger partial charge in [0.15, 0.2) is 0 Å². The zero-order valence-corrected chi connectivity index (χ0v) is 19.7. The summed E-state index contributed by atoms with van der Waals surface area (Å²) in [5.74, 6) is -1.06. The lowest BCUT2D eigenvalue weighted by atomic mass is 9.82. The zero-order chi connectivity index (χ0) is 21.2. The maximum Gasteiger partial charge on any atom is 0.339 e. The Labute approximate surface area is 172 Å². The van der Waals surface area contributed by atoms with E-state index in [0.29, 0.717) is 0 Å². The largest absolute Gasteiger partial charge is 0.456 e. The van der Waals surface area contributed by atoms with Crippen LogP contribution in [0.2, 0.25) is 0 Å². The molecular formula is C22H33BrO4. The van der Waals surface area contributed by atoms with Gasteiger partial charge in [-0.2, -0.15) is 0 Å². The van der Waals surface area contributed by atoms with Crippen LogP contribution in [0.3, 0.4) is 0 Å². The molecule has 0 aromatic heterocycles. The van der Waals surface area contributed by atoms with Crippen LogP contribution in [0.1, 0.15) is 95.0 Å². The smallest absolute Gasteiger partial charge is 0.339 e. The van der Waals surface area contributed by atoms with Crippen LogP contribution in [-0.2, 0) is 15.9 Å². The second-order valence-electron chi connectivity index (χ2n) is 9.69. The molecule has 0 radical (unpaired) electrons. The minimum Gasteiger partial charge on any atom is -0.456 e. The van der Waals surface area contributed by atoms with Crippen molar-refractivity contribution in [2.24, 2.45) is 5.41 Å². The molecule has 1 aromatic carbocycles. The van der Waals surface area contributed by atoms with E-state index in [9.17, 15) is 9.59 Å². The summed E-state index contributed by atoms with van der Waals surface area (Å²) in [6.45, 7) is 17.3. The number of esters is 2. The molecule has 0 bridgehead atoms. The fraction of sp³-hybridized carbons (Fsp3) is 0.636. The highest BCUT2D eigenvalue weighted by Gasteiger charge is 2.28. The SMILES string of the molecule is CCC(C)(C)Cc1cc(C(=O)OC(C)(C)C)c(C(=O)OC(C)(C)C)cc1Br. The van der Waals surface area contributed by atoms with Gasteiger partial charge in [-0.3, -0.25) is 0 Å². The molecule has 4 nitrogen and oxygen atoms in total. The lowest BCUT2D eigenvalue weighted by molar-refractivity contribution is 0.00184. The van der Waals surface area contributed by atoms with Gasteiger partial charge in [-0.1, -0.05) is 43.1 Å². The average Bonchev–Trinajstić information content (AvgIpc) is 2.45. The van der Waals surface area contributed by atoms with E-state index in [1.165, 1.54) is 0 Å². The van der Waals surface area contributed by atoms with E-state index in [2.05, 4.69) is 36.7 Å². The molecule has 0 aliphatic carbocycles. The monoisotopic (exact) mass is 440 g/mol. The van der Waals surface area contributed by atoms with Crippen molar-refractivity contribution in [3.05, 3.63) is 33.3 Å². The molecule has 0 spiro atoms. The first-order valence-electron chi connectivity index (χ1n) is 9.34. The second-order valence-corrected chi connectivity index (χ2v) is 10.5. The van der Waals surface area contributed by atoms with Gasteiger partial charge in [0.05, 0.1) is 11.1 Å². The van der Waals surface area contributed by atoms with E-state index in [1.807, 2.05) is 0 Å². The van der Waals surface area contributed by atoms with Crippen LogP contribution >= 0.6 is 15.9 Å². The van der Waals surface area contributed by atoms with E-state index in [1.54, 1.807) is 53.7 Å². The van der Waals surface area contributed by atoms with Gasteiger partial charge in [-0.15, -0.1) is 0 Å². The highest BCUT2D eigenvalue weighted by molar-refractivity contribution is 9.10. The number of hydrogen-bond donors (Lipinski definition) is 0. The van der Waals surface area contributed by atoms with Crippen molar-refractivity contribution >= 4 is 27.9 Å². The second kappa shape index (κ2) is 8.34. The van der Waals surface area contributed by atoms with Crippen LogP contribution in [-0.4, -0.2) is 23.1 Å². The van der Waals surface area contributed by atoms with Gasteiger partial charge in [-0.25, -0.2) is 9.59 Å². The van der Waals surface area contributed by atoms with Crippen molar-refractivity contribution in [3.8, 4) is 0 Å². The molecule has 0 unspecified atom stereocenters. The van der Waals surface area contributed by atoms with Crippen molar-refractivity contribution in [1.29, 1.82) is 0 Å². The Kier molecular flexibility index (Phi) is 7.31. The predicted molar refractivity (Wildman–Crippen MR) is 112 cm³/mol. The van der Waals surface area contributed by atoms with Gasteiger partial charge in [0, 0.05) is 4.47 Å². The number of halogens is 1. The Morgan fingerprint density at radius 2 is 1.26 bits per heavy atom. The van der Waals surface area contributed by atoms with Crippen LogP contribution in [0.15, 0.2) is 16.6 Å². The lowest BCUT2D eigenvalue weighted by Crippen LogP contribution is -2.28. The van der Waals surface area contributed by atoms with Gasteiger partial charge in [-0.05, 0) is 71.1 Å². The van der Waals surface area contributed by atoms with Gasteiger partial charge in [0.2, 0.25) is 0 Å². The summed E-state index contributed by atoms with van der Waals surface area (Å²) in [5, 5.41) is 0. The quantitative estimate of drug-likeness (QED) is 0.501. The van der Waals surface area contributed by atoms with Crippen LogP contribution in [0.25, 0.3) is 0 Å². The number of carbonyl (C=O) groups excluding carboxylic acids is 2. The molecule has 0 amide bonds. The van der Waals surface area contributed by atoms with E-state index in [4.69, 9.17) is 9.47 Å². The van der Waals surface area contributed by atoms with Crippen molar-refractivity contribution < 1.29 is 19.1 Å². The average molecular weight is 441 g/mol. The number of benzene rings is 1. The summed E-state index contributed by atoms with van der Waals surface area (Å²) in [4.78, 5) is 25.5. The van der Waals surface area contributed by atoms with E-state index in [-0.39, 0.29) is 16.5 Å². The Morgan fingerprint density at radius 3 is 1.63 bits per heavy atom. The lowest BCUT2D eigenvalue weighted by Gasteiger charge is -2.26. The van der Waals surface area contributed by atoms with E-state index < -0.39 is 23.1 Å². The summed E-state index contributed by atoms with van der Waals surface area (Å²) in [5.41, 5.74) is 0.181. The molecule has 152 valence electrons. The molecule has 0 aliphatic rings. The summed E-state index contributed by atoms with van der Waals surface area (Å²) in [7, 11) is 0. The van der Waals surface area contributed by atoms with Crippen LogP contribution in [0.5, 0.6) is 0 Å². The predicted octanol–water partition coefficient (Wildman–Crippen LogP) is 6.34. The maximum absolute atomic E-state index is 12.8. The number of ether oxygens (including phenoxy) is 2. The Morgan fingerprint density at radius 1 is 0.852 bits per heavy atom. The fourth-order valence-corrected chi connectivity index (χ4v) is 2.88. The van der Waals surface area contributed by atoms with E-state index in [0.717, 1.165) is 22.9 Å². The van der Waals surface area contributed by atoms with Crippen LogP contribution in [0.4, 0.5) is 0 Å². The first kappa shape index (κ1) is 23.7. The molecule has 0 saturated carbocycles.